The molecular weight excluding hydrogens is 310 g/mol. The van der Waals surface area contributed by atoms with E-state index in [1.807, 2.05) is 31.2 Å². The summed E-state index contributed by atoms with van der Waals surface area (Å²) in [6, 6.07) is 9.17. The van der Waals surface area contributed by atoms with Gasteiger partial charge in [-0.15, -0.1) is 10.2 Å². The lowest BCUT2D eigenvalue weighted by Crippen LogP contribution is -2.24. The largest absolute Gasteiger partial charge is 0.497 e. The summed E-state index contributed by atoms with van der Waals surface area (Å²) in [5.41, 5.74) is 2.03. The molecule has 24 heavy (non-hydrogen) atoms. The second-order valence-corrected chi connectivity index (χ2v) is 5.16. The molecule has 1 aromatic carbocycles. The fourth-order valence-electron chi connectivity index (χ4n) is 2.21. The van der Waals surface area contributed by atoms with E-state index in [2.05, 4.69) is 25.8 Å². The van der Waals surface area contributed by atoms with Crippen LogP contribution >= 0.6 is 0 Å². The molecule has 124 valence electrons. The highest BCUT2D eigenvalue weighted by Gasteiger charge is 2.14. The number of aryl methyl sites for hydroxylation is 2. The van der Waals surface area contributed by atoms with Gasteiger partial charge in [0.15, 0.2) is 11.5 Å². The average molecular weight is 327 g/mol. The summed E-state index contributed by atoms with van der Waals surface area (Å²) in [7, 11) is 3.28. The van der Waals surface area contributed by atoms with Crippen LogP contribution < -0.4 is 10.1 Å². The van der Waals surface area contributed by atoms with Crippen molar-refractivity contribution >= 4 is 5.91 Å². The van der Waals surface area contributed by atoms with Crippen molar-refractivity contribution in [3.8, 4) is 11.4 Å². The van der Waals surface area contributed by atoms with E-state index in [1.165, 1.54) is 4.80 Å². The van der Waals surface area contributed by atoms with Gasteiger partial charge in [0.2, 0.25) is 0 Å². The summed E-state index contributed by atoms with van der Waals surface area (Å²) in [5.74, 6) is 0.910. The molecule has 2 aromatic heterocycles. The van der Waals surface area contributed by atoms with Crippen molar-refractivity contribution in [2.24, 2.45) is 7.05 Å². The highest BCUT2D eigenvalue weighted by molar-refractivity contribution is 5.92. The van der Waals surface area contributed by atoms with Gasteiger partial charge in [-0.25, -0.2) is 4.68 Å². The number of ether oxygens (including phenoxy) is 1. The number of carbonyl (C=O) groups is 1. The lowest BCUT2D eigenvalue weighted by molar-refractivity contribution is 0.0944. The number of hydrogen-bond donors (Lipinski definition) is 1. The molecule has 0 bridgehead atoms. The van der Waals surface area contributed by atoms with Crippen molar-refractivity contribution in [2.45, 2.75) is 13.5 Å². The van der Waals surface area contributed by atoms with Crippen molar-refractivity contribution in [1.82, 2.24) is 35.3 Å². The number of rotatable bonds is 5. The van der Waals surface area contributed by atoms with Crippen molar-refractivity contribution in [2.75, 3.05) is 7.11 Å². The van der Waals surface area contributed by atoms with Gasteiger partial charge in [-0.05, 0) is 42.5 Å². The third-order valence-electron chi connectivity index (χ3n) is 3.39. The van der Waals surface area contributed by atoms with Crippen LogP contribution in [0.4, 0.5) is 0 Å². The van der Waals surface area contributed by atoms with Crippen LogP contribution in [0, 0.1) is 6.92 Å². The highest BCUT2D eigenvalue weighted by Crippen LogP contribution is 2.16. The first kappa shape index (κ1) is 15.7. The molecule has 0 aliphatic rings. The number of hydrogen-bond acceptors (Lipinski definition) is 6. The Bertz CT molecular complexity index is 851. The Hall–Kier alpha value is -3.23. The standard InChI is InChI=1S/C15H17N7O2/c1-10-8-13(15(23)16-9-14-17-20-21(2)19-14)18-22(10)11-4-6-12(24-3)7-5-11/h4-8H,9H2,1-3H3,(H,16,23). The van der Waals surface area contributed by atoms with E-state index < -0.39 is 0 Å². The van der Waals surface area contributed by atoms with Gasteiger partial charge in [-0.1, -0.05) is 0 Å². The van der Waals surface area contributed by atoms with Crippen molar-refractivity contribution in [3.05, 3.63) is 47.5 Å². The van der Waals surface area contributed by atoms with Crippen molar-refractivity contribution in [1.29, 1.82) is 0 Å². The van der Waals surface area contributed by atoms with E-state index in [0.717, 1.165) is 17.1 Å². The molecule has 2 heterocycles. The molecule has 0 aliphatic heterocycles. The van der Waals surface area contributed by atoms with Gasteiger partial charge in [0.1, 0.15) is 5.75 Å². The Morgan fingerprint density at radius 3 is 2.62 bits per heavy atom. The number of benzene rings is 1. The number of nitrogens with one attached hydrogen (secondary N) is 1. The van der Waals surface area contributed by atoms with Crippen molar-refractivity contribution in [3.63, 3.8) is 0 Å². The van der Waals surface area contributed by atoms with E-state index in [-0.39, 0.29) is 12.5 Å². The number of carbonyl (C=O) groups excluding carboxylic acids is 1. The first-order valence-electron chi connectivity index (χ1n) is 7.29. The summed E-state index contributed by atoms with van der Waals surface area (Å²) in [6.45, 7) is 2.08. The number of methoxy groups -OCH3 is 1. The molecule has 9 heteroatoms. The van der Waals surface area contributed by atoms with Crippen LogP contribution in [0.25, 0.3) is 5.69 Å². The predicted octanol–water partition coefficient (Wildman–Crippen LogP) is 0.643. The quantitative estimate of drug-likeness (QED) is 0.738. The van der Waals surface area contributed by atoms with E-state index in [1.54, 1.807) is 24.9 Å². The Kier molecular flexibility index (Phi) is 4.23. The Balaban J connectivity index is 1.73. The van der Waals surface area contributed by atoms with Gasteiger partial charge in [0, 0.05) is 5.69 Å². The SMILES string of the molecule is COc1ccc(-n2nc(C(=O)NCc3nnn(C)n3)cc2C)cc1. The minimum absolute atomic E-state index is 0.196. The van der Waals surface area contributed by atoms with Crippen LogP contribution in [0.1, 0.15) is 22.0 Å². The molecule has 0 atom stereocenters. The second kappa shape index (κ2) is 6.49. The van der Waals surface area contributed by atoms with Crippen LogP contribution in [0.3, 0.4) is 0 Å². The molecule has 0 unspecified atom stereocenters. The monoisotopic (exact) mass is 327 g/mol. The molecule has 9 nitrogen and oxygen atoms in total. The maximum Gasteiger partial charge on any atom is 0.272 e. The Labute approximate surface area is 138 Å². The van der Waals surface area contributed by atoms with Gasteiger partial charge in [-0.3, -0.25) is 4.79 Å². The molecule has 0 fully saturated rings. The molecule has 0 spiro atoms. The second-order valence-electron chi connectivity index (χ2n) is 5.16. The molecule has 0 aliphatic carbocycles. The van der Waals surface area contributed by atoms with Crippen LogP contribution in [-0.2, 0) is 13.6 Å². The van der Waals surface area contributed by atoms with E-state index in [0.29, 0.717) is 11.5 Å². The molecule has 3 rings (SSSR count). The molecule has 3 aromatic rings. The van der Waals surface area contributed by atoms with Crippen LogP contribution in [0.2, 0.25) is 0 Å². The van der Waals surface area contributed by atoms with Gasteiger partial charge in [-0.2, -0.15) is 9.90 Å². The maximum atomic E-state index is 12.2. The summed E-state index contributed by atoms with van der Waals surface area (Å²) >= 11 is 0. The fourth-order valence-corrected chi connectivity index (χ4v) is 2.21. The normalized spacial score (nSPS) is 10.6. The molecule has 1 amide bonds. The minimum atomic E-state index is -0.294. The zero-order valence-corrected chi connectivity index (χ0v) is 13.6. The van der Waals surface area contributed by atoms with Crippen molar-refractivity contribution < 1.29 is 9.53 Å². The third-order valence-corrected chi connectivity index (χ3v) is 3.39. The van der Waals surface area contributed by atoms with Gasteiger partial charge in [0.25, 0.3) is 5.91 Å². The van der Waals surface area contributed by atoms with E-state index >= 15 is 0 Å². The number of nitrogens with zero attached hydrogens (tertiary/aromatic N) is 6. The zero-order valence-electron chi connectivity index (χ0n) is 13.6. The Morgan fingerprint density at radius 1 is 1.25 bits per heavy atom. The van der Waals surface area contributed by atoms with E-state index in [9.17, 15) is 4.79 Å². The molecule has 0 saturated carbocycles. The number of tetrazole rings is 1. The molecule has 1 N–H and O–H groups in total. The van der Waals surface area contributed by atoms with Crippen LogP contribution in [0.15, 0.2) is 30.3 Å². The van der Waals surface area contributed by atoms with Gasteiger partial charge in [0.05, 0.1) is 26.4 Å². The molecular formula is C15H17N7O2. The topological polar surface area (TPSA) is 99.8 Å². The highest BCUT2D eigenvalue weighted by atomic mass is 16.5. The minimum Gasteiger partial charge on any atom is -0.497 e. The summed E-state index contributed by atoms with van der Waals surface area (Å²) < 4.78 is 6.85. The molecule has 0 radical (unpaired) electrons. The average Bonchev–Trinajstić information content (AvgIpc) is 3.18. The summed E-state index contributed by atoms with van der Waals surface area (Å²) in [6.07, 6.45) is 0. The summed E-state index contributed by atoms with van der Waals surface area (Å²) in [4.78, 5) is 13.6. The Morgan fingerprint density at radius 2 is 2.00 bits per heavy atom. The van der Waals surface area contributed by atoms with Crippen LogP contribution in [0.5, 0.6) is 5.75 Å². The van der Waals surface area contributed by atoms with E-state index in [4.69, 9.17) is 4.74 Å². The summed E-state index contributed by atoms with van der Waals surface area (Å²) in [5, 5.41) is 18.6. The zero-order chi connectivity index (χ0) is 17.1. The lowest BCUT2D eigenvalue weighted by atomic mass is 10.3. The third kappa shape index (κ3) is 3.24. The lowest BCUT2D eigenvalue weighted by Gasteiger charge is -2.05. The first-order valence-corrected chi connectivity index (χ1v) is 7.29. The molecule has 0 saturated heterocycles. The van der Waals surface area contributed by atoms with Crippen LogP contribution in [-0.4, -0.2) is 43.0 Å². The van der Waals surface area contributed by atoms with Gasteiger partial charge < -0.3 is 10.1 Å². The predicted molar refractivity (Wildman–Crippen MR) is 84.8 cm³/mol. The smallest absolute Gasteiger partial charge is 0.272 e. The first-order chi connectivity index (χ1) is 11.6. The number of aromatic nitrogens is 6. The maximum absolute atomic E-state index is 12.2. The van der Waals surface area contributed by atoms with Gasteiger partial charge >= 0.3 is 0 Å². The number of amides is 1. The fraction of sp³-hybridized carbons (Fsp3) is 0.267.